The molecule has 1 unspecified atom stereocenters. The molecule has 1 heterocycles. The summed E-state index contributed by atoms with van der Waals surface area (Å²) >= 11 is 0. The molecule has 0 saturated heterocycles. The van der Waals surface area contributed by atoms with Crippen LogP contribution in [0.25, 0.3) is 0 Å². The molecule has 0 aliphatic rings. The highest BCUT2D eigenvalue weighted by Crippen LogP contribution is 2.28. The van der Waals surface area contributed by atoms with E-state index in [2.05, 4.69) is 5.10 Å². The van der Waals surface area contributed by atoms with Crippen LogP contribution in [0.3, 0.4) is 0 Å². The lowest BCUT2D eigenvalue weighted by molar-refractivity contribution is 0.404. The summed E-state index contributed by atoms with van der Waals surface area (Å²) < 4.78 is 20.5. The van der Waals surface area contributed by atoms with E-state index in [0.717, 1.165) is 17.0 Å². The molecule has 0 radical (unpaired) electrons. The summed E-state index contributed by atoms with van der Waals surface area (Å²) in [5, 5.41) is 4.37. The first-order valence-corrected chi connectivity index (χ1v) is 6.52. The highest BCUT2D eigenvalue weighted by atomic mass is 19.1. The Hall–Kier alpha value is -1.88. The van der Waals surface area contributed by atoms with Crippen LogP contribution in [-0.4, -0.2) is 16.9 Å². The lowest BCUT2D eigenvalue weighted by Crippen LogP contribution is -2.15. The van der Waals surface area contributed by atoms with Gasteiger partial charge in [-0.25, -0.2) is 4.39 Å². The van der Waals surface area contributed by atoms with Crippen molar-refractivity contribution in [3.63, 3.8) is 0 Å². The highest BCUT2D eigenvalue weighted by Gasteiger charge is 2.18. The fourth-order valence-electron chi connectivity index (χ4n) is 2.44. The fraction of sp³-hybridized carbons (Fsp3) is 0.400. The van der Waals surface area contributed by atoms with Crippen LogP contribution in [0.4, 0.5) is 4.39 Å². The Morgan fingerprint density at radius 2 is 2.10 bits per heavy atom. The number of halogens is 1. The van der Waals surface area contributed by atoms with Gasteiger partial charge in [0.2, 0.25) is 0 Å². The first kappa shape index (κ1) is 14.5. The zero-order valence-corrected chi connectivity index (χ0v) is 12.3. The Bertz CT molecular complexity index is 622. The molecule has 0 amide bonds. The molecule has 0 aliphatic carbocycles. The molecule has 108 valence electrons. The maximum Gasteiger partial charge on any atom is 0.123 e. The highest BCUT2D eigenvalue weighted by molar-refractivity contribution is 5.38. The molecule has 0 fully saturated rings. The van der Waals surface area contributed by atoms with E-state index in [1.807, 2.05) is 25.6 Å². The summed E-state index contributed by atoms with van der Waals surface area (Å²) in [6, 6.07) is 4.08. The molecule has 1 atom stereocenters. The molecule has 0 saturated carbocycles. The molecule has 0 aliphatic heterocycles. The Morgan fingerprint density at radius 3 is 2.65 bits per heavy atom. The molecule has 0 bridgehead atoms. The zero-order chi connectivity index (χ0) is 14.9. The number of benzene rings is 1. The number of aromatic nitrogens is 2. The lowest BCUT2D eigenvalue weighted by Gasteiger charge is -2.16. The Balaban J connectivity index is 2.32. The summed E-state index contributed by atoms with van der Waals surface area (Å²) in [5.41, 5.74) is 10.0. The maximum absolute atomic E-state index is 13.4. The van der Waals surface area contributed by atoms with Gasteiger partial charge in [-0.2, -0.15) is 5.10 Å². The van der Waals surface area contributed by atoms with E-state index in [-0.39, 0.29) is 11.9 Å². The van der Waals surface area contributed by atoms with Crippen molar-refractivity contribution < 1.29 is 9.13 Å². The van der Waals surface area contributed by atoms with Gasteiger partial charge in [-0.15, -0.1) is 0 Å². The number of hydrogen-bond donors (Lipinski definition) is 1. The van der Waals surface area contributed by atoms with Crippen molar-refractivity contribution in [1.82, 2.24) is 9.78 Å². The van der Waals surface area contributed by atoms with Crippen LogP contribution in [0, 0.1) is 19.7 Å². The lowest BCUT2D eigenvalue weighted by atomic mass is 9.97. The van der Waals surface area contributed by atoms with Crippen LogP contribution in [0.5, 0.6) is 5.75 Å². The molecular formula is C15H20FN3O. The number of nitrogens with zero attached hydrogens (tertiary/aromatic N) is 2. The third kappa shape index (κ3) is 2.67. The molecule has 2 N–H and O–H groups in total. The van der Waals surface area contributed by atoms with Crippen molar-refractivity contribution in [2.75, 3.05) is 7.11 Å². The van der Waals surface area contributed by atoms with E-state index in [1.54, 1.807) is 13.2 Å². The first-order valence-electron chi connectivity index (χ1n) is 6.52. The van der Waals surface area contributed by atoms with Crippen molar-refractivity contribution in [3.05, 3.63) is 46.5 Å². The largest absolute Gasteiger partial charge is 0.496 e. The van der Waals surface area contributed by atoms with Crippen LogP contribution in [0.15, 0.2) is 18.2 Å². The number of methoxy groups -OCH3 is 1. The number of ether oxygens (including phenoxy) is 1. The van der Waals surface area contributed by atoms with Crippen molar-refractivity contribution in [3.8, 4) is 5.75 Å². The topological polar surface area (TPSA) is 53.1 Å². The maximum atomic E-state index is 13.4. The molecular weight excluding hydrogens is 257 g/mol. The van der Waals surface area contributed by atoms with Gasteiger partial charge in [-0.1, -0.05) is 0 Å². The minimum atomic E-state index is -0.331. The van der Waals surface area contributed by atoms with E-state index in [1.165, 1.54) is 12.1 Å². The van der Waals surface area contributed by atoms with Crippen LogP contribution in [0.2, 0.25) is 0 Å². The van der Waals surface area contributed by atoms with E-state index in [4.69, 9.17) is 10.5 Å². The zero-order valence-electron chi connectivity index (χ0n) is 12.3. The predicted molar refractivity (Wildman–Crippen MR) is 76.3 cm³/mol. The summed E-state index contributed by atoms with van der Waals surface area (Å²) in [6.45, 7) is 3.96. The first-order chi connectivity index (χ1) is 9.43. The van der Waals surface area contributed by atoms with Crippen LogP contribution < -0.4 is 10.5 Å². The van der Waals surface area contributed by atoms with Crippen molar-refractivity contribution in [2.24, 2.45) is 12.8 Å². The quantitative estimate of drug-likeness (QED) is 0.933. The van der Waals surface area contributed by atoms with Crippen LogP contribution in [-0.2, 0) is 13.5 Å². The van der Waals surface area contributed by atoms with Gasteiger partial charge in [0.25, 0.3) is 0 Å². The minimum Gasteiger partial charge on any atom is -0.496 e. The van der Waals surface area contributed by atoms with Gasteiger partial charge in [-0.3, -0.25) is 4.68 Å². The average Bonchev–Trinajstić information content (AvgIpc) is 2.65. The standard InChI is InChI=1S/C15H20FN3O/c1-9-12(10(2)19(3)18-9)8-14(17)13-7-11(16)5-6-15(13)20-4/h5-7,14H,8,17H2,1-4H3. The number of aryl methyl sites for hydroxylation is 2. The average molecular weight is 277 g/mol. The molecule has 4 nitrogen and oxygen atoms in total. The minimum absolute atomic E-state index is 0.309. The molecule has 5 heteroatoms. The summed E-state index contributed by atoms with van der Waals surface area (Å²) in [6.07, 6.45) is 0.602. The predicted octanol–water partition coefficient (Wildman–Crippen LogP) is 2.43. The van der Waals surface area contributed by atoms with Crippen molar-refractivity contribution >= 4 is 0 Å². The van der Waals surface area contributed by atoms with E-state index < -0.39 is 0 Å². The second kappa shape index (κ2) is 5.63. The molecule has 0 spiro atoms. The summed E-state index contributed by atoms with van der Waals surface area (Å²) in [4.78, 5) is 0. The van der Waals surface area contributed by atoms with Gasteiger partial charge in [0.15, 0.2) is 0 Å². The Morgan fingerprint density at radius 1 is 1.40 bits per heavy atom. The molecule has 1 aromatic carbocycles. The number of hydrogen-bond acceptors (Lipinski definition) is 3. The van der Waals surface area contributed by atoms with Gasteiger partial charge in [0.1, 0.15) is 11.6 Å². The van der Waals surface area contributed by atoms with E-state index in [9.17, 15) is 4.39 Å². The van der Waals surface area contributed by atoms with Crippen molar-refractivity contribution in [1.29, 1.82) is 0 Å². The second-order valence-electron chi connectivity index (χ2n) is 4.97. The fourth-order valence-corrected chi connectivity index (χ4v) is 2.44. The van der Waals surface area contributed by atoms with Gasteiger partial charge >= 0.3 is 0 Å². The number of rotatable bonds is 4. The Kier molecular flexibility index (Phi) is 4.09. The monoisotopic (exact) mass is 277 g/mol. The van der Waals surface area contributed by atoms with Gasteiger partial charge in [0, 0.05) is 24.3 Å². The summed E-state index contributed by atoms with van der Waals surface area (Å²) in [7, 11) is 3.46. The number of nitrogens with two attached hydrogens (primary N) is 1. The normalized spacial score (nSPS) is 12.5. The van der Waals surface area contributed by atoms with Crippen LogP contribution in [0.1, 0.15) is 28.6 Å². The molecule has 2 aromatic rings. The van der Waals surface area contributed by atoms with Crippen LogP contribution >= 0.6 is 0 Å². The third-order valence-corrected chi connectivity index (χ3v) is 3.67. The van der Waals surface area contributed by atoms with Gasteiger partial charge in [0.05, 0.1) is 12.8 Å². The molecule has 2 rings (SSSR count). The SMILES string of the molecule is COc1ccc(F)cc1C(N)Cc1c(C)nn(C)c1C. The summed E-state index contributed by atoms with van der Waals surface area (Å²) in [5.74, 6) is 0.300. The molecule has 1 aromatic heterocycles. The van der Waals surface area contributed by atoms with E-state index in [0.29, 0.717) is 17.7 Å². The third-order valence-electron chi connectivity index (χ3n) is 3.67. The van der Waals surface area contributed by atoms with E-state index >= 15 is 0 Å². The van der Waals surface area contributed by atoms with Gasteiger partial charge < -0.3 is 10.5 Å². The molecule has 20 heavy (non-hydrogen) atoms. The second-order valence-corrected chi connectivity index (χ2v) is 4.97. The Labute approximate surface area is 118 Å². The van der Waals surface area contributed by atoms with Crippen molar-refractivity contribution in [2.45, 2.75) is 26.3 Å². The van der Waals surface area contributed by atoms with Gasteiger partial charge in [-0.05, 0) is 44.0 Å². The smallest absolute Gasteiger partial charge is 0.123 e.